The van der Waals surface area contributed by atoms with Crippen LogP contribution in [0, 0.1) is 0 Å². The predicted octanol–water partition coefficient (Wildman–Crippen LogP) is 2.30. The lowest BCUT2D eigenvalue weighted by atomic mass is 9.82. The van der Waals surface area contributed by atoms with Crippen LogP contribution in [-0.2, 0) is 19.1 Å². The van der Waals surface area contributed by atoms with Crippen molar-refractivity contribution in [1.82, 2.24) is 0 Å². The van der Waals surface area contributed by atoms with Gasteiger partial charge in [-0.1, -0.05) is 24.3 Å². The topological polar surface area (TPSA) is 119 Å². The van der Waals surface area contributed by atoms with E-state index in [9.17, 15) is 24.3 Å². The van der Waals surface area contributed by atoms with Crippen LogP contribution < -0.4 is 5.32 Å². The van der Waals surface area contributed by atoms with E-state index in [4.69, 9.17) is 9.47 Å². The zero-order valence-corrected chi connectivity index (χ0v) is 15.4. The summed E-state index contributed by atoms with van der Waals surface area (Å²) in [5.41, 5.74) is -0.0674. The molecular weight excluding hydrogens is 378 g/mol. The first kappa shape index (κ1) is 18.4. The van der Waals surface area contributed by atoms with Gasteiger partial charge in [0.05, 0.1) is 16.8 Å². The number of carbonyl (C=O) groups excluding carboxylic acids is 4. The molecular formula is C21H15NO7. The van der Waals surface area contributed by atoms with Crippen LogP contribution in [0.25, 0.3) is 0 Å². The Hall–Kier alpha value is -3.94. The summed E-state index contributed by atoms with van der Waals surface area (Å²) in [4.78, 5) is 49.9. The Balaban J connectivity index is 1.76. The average molecular weight is 393 g/mol. The minimum atomic E-state index is -1.38. The summed E-state index contributed by atoms with van der Waals surface area (Å²) >= 11 is 0. The van der Waals surface area contributed by atoms with Crippen molar-refractivity contribution in [2.24, 2.45) is 0 Å². The standard InChI is InChI=1S/C21H15NO7/c1-21(2)28-19(26)12(20(27)29-21)9-22-13-7-8-14(23)16-15(13)17(24)10-5-3-4-6-11(10)18(16)25/h3-9,22-23H,1-2H3. The summed E-state index contributed by atoms with van der Waals surface area (Å²) in [6.07, 6.45) is 1.05. The number of hydrogen-bond acceptors (Lipinski definition) is 8. The quantitative estimate of drug-likeness (QED) is 0.295. The van der Waals surface area contributed by atoms with Gasteiger partial charge in [0.1, 0.15) is 5.75 Å². The smallest absolute Gasteiger partial charge is 0.350 e. The van der Waals surface area contributed by atoms with Crippen LogP contribution in [-0.4, -0.2) is 34.4 Å². The van der Waals surface area contributed by atoms with Gasteiger partial charge in [-0.3, -0.25) is 9.59 Å². The number of hydrogen-bond donors (Lipinski definition) is 2. The third-order valence-corrected chi connectivity index (χ3v) is 4.54. The number of phenols is 1. The van der Waals surface area contributed by atoms with Gasteiger partial charge in [-0.2, -0.15) is 0 Å². The first-order chi connectivity index (χ1) is 13.7. The van der Waals surface area contributed by atoms with Gasteiger partial charge in [-0.05, 0) is 12.1 Å². The summed E-state index contributed by atoms with van der Waals surface area (Å²) in [5, 5.41) is 12.9. The average Bonchev–Trinajstić information content (AvgIpc) is 2.65. The Morgan fingerprint density at radius 1 is 0.862 bits per heavy atom. The highest BCUT2D eigenvalue weighted by molar-refractivity contribution is 6.31. The van der Waals surface area contributed by atoms with Crippen LogP contribution >= 0.6 is 0 Å². The van der Waals surface area contributed by atoms with E-state index in [0.29, 0.717) is 0 Å². The molecule has 0 bridgehead atoms. The highest BCUT2D eigenvalue weighted by atomic mass is 16.7. The van der Waals surface area contributed by atoms with Gasteiger partial charge in [-0.25, -0.2) is 9.59 Å². The molecule has 2 N–H and O–H groups in total. The highest BCUT2D eigenvalue weighted by Crippen LogP contribution is 2.37. The van der Waals surface area contributed by atoms with Crippen LogP contribution in [0.1, 0.15) is 45.7 Å². The van der Waals surface area contributed by atoms with Crippen molar-refractivity contribution < 1.29 is 33.8 Å². The lowest BCUT2D eigenvalue weighted by Crippen LogP contribution is -2.42. The zero-order valence-electron chi connectivity index (χ0n) is 15.4. The normalized spacial score (nSPS) is 17.1. The van der Waals surface area contributed by atoms with Gasteiger partial charge in [0, 0.05) is 31.2 Å². The molecule has 29 heavy (non-hydrogen) atoms. The van der Waals surface area contributed by atoms with E-state index in [1.807, 2.05) is 0 Å². The molecule has 2 aromatic rings. The molecule has 1 aliphatic carbocycles. The lowest BCUT2D eigenvalue weighted by molar-refractivity contribution is -0.222. The maximum absolute atomic E-state index is 13.0. The second-order valence-corrected chi connectivity index (χ2v) is 6.97. The fraction of sp³-hybridized carbons (Fsp3) is 0.143. The molecule has 1 fully saturated rings. The van der Waals surface area contributed by atoms with Crippen molar-refractivity contribution in [2.75, 3.05) is 5.32 Å². The van der Waals surface area contributed by atoms with Gasteiger partial charge in [0.2, 0.25) is 0 Å². The van der Waals surface area contributed by atoms with Crippen molar-refractivity contribution >= 4 is 29.2 Å². The third-order valence-electron chi connectivity index (χ3n) is 4.54. The Morgan fingerprint density at radius 3 is 2.00 bits per heavy atom. The molecule has 2 aromatic carbocycles. The number of ketones is 2. The molecule has 1 heterocycles. The fourth-order valence-electron chi connectivity index (χ4n) is 3.25. The number of aromatic hydroxyl groups is 1. The Labute approximate surface area is 164 Å². The minimum absolute atomic E-state index is 0.0524. The Kier molecular flexibility index (Phi) is 4.00. The number of nitrogens with one attached hydrogen (secondary N) is 1. The summed E-state index contributed by atoms with van der Waals surface area (Å²) in [6.45, 7) is 2.84. The molecule has 146 valence electrons. The van der Waals surface area contributed by atoms with Crippen LogP contribution in [0.4, 0.5) is 5.69 Å². The monoisotopic (exact) mass is 393 g/mol. The summed E-state index contributed by atoms with van der Waals surface area (Å²) in [7, 11) is 0. The van der Waals surface area contributed by atoms with E-state index in [0.717, 1.165) is 6.20 Å². The highest BCUT2D eigenvalue weighted by Gasteiger charge is 2.39. The number of esters is 2. The molecule has 0 amide bonds. The predicted molar refractivity (Wildman–Crippen MR) is 99.4 cm³/mol. The molecule has 0 unspecified atom stereocenters. The van der Waals surface area contributed by atoms with Gasteiger partial charge in [-0.15, -0.1) is 0 Å². The second kappa shape index (κ2) is 6.30. The molecule has 8 heteroatoms. The fourth-order valence-corrected chi connectivity index (χ4v) is 3.25. The summed E-state index contributed by atoms with van der Waals surface area (Å²) in [6, 6.07) is 8.90. The van der Waals surface area contributed by atoms with Gasteiger partial charge in [0.25, 0.3) is 5.79 Å². The lowest BCUT2D eigenvalue weighted by Gasteiger charge is -2.29. The van der Waals surface area contributed by atoms with Crippen LogP contribution in [0.3, 0.4) is 0 Å². The number of carbonyl (C=O) groups is 4. The first-order valence-electron chi connectivity index (χ1n) is 8.67. The molecule has 4 rings (SSSR count). The number of anilines is 1. The van der Waals surface area contributed by atoms with Crippen molar-refractivity contribution in [3.05, 3.63) is 70.4 Å². The largest absolute Gasteiger partial charge is 0.507 e. The van der Waals surface area contributed by atoms with Gasteiger partial charge >= 0.3 is 11.9 Å². The van der Waals surface area contributed by atoms with Crippen LogP contribution in [0.2, 0.25) is 0 Å². The van der Waals surface area contributed by atoms with Crippen molar-refractivity contribution in [3.63, 3.8) is 0 Å². The SMILES string of the molecule is CC1(C)OC(=O)C(=CNc2ccc(O)c3c2C(=O)c2ccccc2C3=O)C(=O)O1. The molecule has 0 saturated carbocycles. The number of benzene rings is 2. The maximum atomic E-state index is 13.0. The van der Waals surface area contributed by atoms with Gasteiger partial charge < -0.3 is 19.9 Å². The molecule has 2 aliphatic rings. The van der Waals surface area contributed by atoms with E-state index in [1.165, 1.54) is 38.1 Å². The van der Waals surface area contributed by atoms with E-state index < -0.39 is 34.9 Å². The number of fused-ring (bicyclic) bond motifs is 2. The number of rotatable bonds is 2. The van der Waals surface area contributed by atoms with Crippen molar-refractivity contribution in [2.45, 2.75) is 19.6 Å². The summed E-state index contributed by atoms with van der Waals surface area (Å²) in [5.74, 6) is -4.47. The van der Waals surface area contributed by atoms with E-state index in [2.05, 4.69) is 5.32 Å². The maximum Gasteiger partial charge on any atom is 0.350 e. The van der Waals surface area contributed by atoms with Crippen molar-refractivity contribution in [3.8, 4) is 5.75 Å². The Morgan fingerprint density at radius 2 is 1.41 bits per heavy atom. The molecule has 0 spiro atoms. The second-order valence-electron chi connectivity index (χ2n) is 6.97. The van der Waals surface area contributed by atoms with Crippen LogP contribution in [0.5, 0.6) is 5.75 Å². The van der Waals surface area contributed by atoms with E-state index in [1.54, 1.807) is 12.1 Å². The molecule has 1 aliphatic heterocycles. The van der Waals surface area contributed by atoms with E-state index >= 15 is 0 Å². The molecule has 0 radical (unpaired) electrons. The third kappa shape index (κ3) is 2.94. The number of ether oxygens (including phenoxy) is 2. The molecule has 8 nitrogen and oxygen atoms in total. The number of cyclic esters (lactones) is 2. The molecule has 0 atom stereocenters. The first-order valence-corrected chi connectivity index (χ1v) is 8.67. The minimum Gasteiger partial charge on any atom is -0.507 e. The molecule has 1 saturated heterocycles. The number of phenolic OH excluding ortho intramolecular Hbond substituents is 1. The van der Waals surface area contributed by atoms with Gasteiger partial charge in [0.15, 0.2) is 17.1 Å². The Bertz CT molecular complexity index is 1120. The van der Waals surface area contributed by atoms with E-state index in [-0.39, 0.29) is 33.7 Å². The van der Waals surface area contributed by atoms with Crippen molar-refractivity contribution in [1.29, 1.82) is 0 Å². The van der Waals surface area contributed by atoms with Crippen LogP contribution in [0.15, 0.2) is 48.2 Å². The molecule has 0 aromatic heterocycles. The summed E-state index contributed by atoms with van der Waals surface area (Å²) < 4.78 is 10.0. The zero-order chi connectivity index (χ0) is 20.9.